The molecule has 1 aliphatic carbocycles. The van der Waals surface area contributed by atoms with Crippen LogP contribution < -0.4 is 0 Å². The molecule has 1 heteroatoms. The van der Waals surface area contributed by atoms with Crippen LogP contribution >= 0.6 is 0 Å². The highest BCUT2D eigenvalue weighted by molar-refractivity contribution is 5.30. The van der Waals surface area contributed by atoms with Crippen molar-refractivity contribution in [2.24, 2.45) is 0 Å². The molecule has 1 aromatic carbocycles. The fourth-order valence-corrected chi connectivity index (χ4v) is 2.38. The first-order valence-electron chi connectivity index (χ1n) is 5.77. The molecule has 0 N–H and O–H groups in total. The highest BCUT2D eigenvalue weighted by Crippen LogP contribution is 2.47. The van der Waals surface area contributed by atoms with Gasteiger partial charge >= 0.3 is 0 Å². The van der Waals surface area contributed by atoms with E-state index in [0.717, 1.165) is 0 Å². The average molecular weight is 206 g/mol. The smallest absolute Gasteiger partial charge is 0.109 e. The van der Waals surface area contributed by atoms with Gasteiger partial charge in [0.15, 0.2) is 0 Å². The molecule has 15 heavy (non-hydrogen) atoms. The first-order valence-corrected chi connectivity index (χ1v) is 5.77. The SMILES string of the molecule is CC(C)c1cccc(C2CC(C)(F)C2)c1. The molecule has 82 valence electrons. The van der Waals surface area contributed by atoms with Crippen molar-refractivity contribution in [1.82, 2.24) is 0 Å². The lowest BCUT2D eigenvalue weighted by atomic mass is 9.70. The predicted molar refractivity (Wildman–Crippen MR) is 62.0 cm³/mol. The van der Waals surface area contributed by atoms with E-state index in [0.29, 0.717) is 24.7 Å². The van der Waals surface area contributed by atoms with Crippen LogP contribution in [0.3, 0.4) is 0 Å². The van der Waals surface area contributed by atoms with Gasteiger partial charge in [-0.15, -0.1) is 0 Å². The molecule has 0 nitrogen and oxygen atoms in total. The van der Waals surface area contributed by atoms with Crippen LogP contribution in [0.2, 0.25) is 0 Å². The number of rotatable bonds is 2. The van der Waals surface area contributed by atoms with Crippen molar-refractivity contribution in [3.8, 4) is 0 Å². The quantitative estimate of drug-likeness (QED) is 0.672. The number of alkyl halides is 1. The van der Waals surface area contributed by atoms with E-state index in [9.17, 15) is 4.39 Å². The van der Waals surface area contributed by atoms with Crippen LogP contribution in [-0.2, 0) is 0 Å². The summed E-state index contributed by atoms with van der Waals surface area (Å²) in [6.07, 6.45) is 1.38. The van der Waals surface area contributed by atoms with Crippen LogP contribution in [0.1, 0.15) is 56.6 Å². The maximum absolute atomic E-state index is 13.4. The van der Waals surface area contributed by atoms with Crippen LogP contribution in [0.25, 0.3) is 0 Å². The maximum atomic E-state index is 13.4. The molecule has 0 aliphatic heterocycles. The summed E-state index contributed by atoms with van der Waals surface area (Å²) in [6, 6.07) is 8.62. The Balaban J connectivity index is 2.13. The summed E-state index contributed by atoms with van der Waals surface area (Å²) in [5.74, 6) is 1.00. The van der Waals surface area contributed by atoms with Crippen molar-refractivity contribution in [2.45, 2.75) is 51.1 Å². The molecule has 0 unspecified atom stereocenters. The van der Waals surface area contributed by atoms with Crippen LogP contribution in [0.15, 0.2) is 24.3 Å². The van der Waals surface area contributed by atoms with E-state index in [1.54, 1.807) is 6.92 Å². The zero-order valence-electron chi connectivity index (χ0n) is 9.76. The summed E-state index contributed by atoms with van der Waals surface area (Å²) in [7, 11) is 0. The van der Waals surface area contributed by atoms with Gasteiger partial charge in [-0.3, -0.25) is 0 Å². The standard InChI is InChI=1S/C14H19F/c1-10(2)11-5-4-6-12(7-11)13-8-14(3,15)9-13/h4-7,10,13H,8-9H2,1-3H3. The Bertz CT molecular complexity index is 344. The van der Waals surface area contributed by atoms with Crippen molar-refractivity contribution < 1.29 is 4.39 Å². The molecule has 0 bridgehead atoms. The normalized spacial score (nSPS) is 30.3. The second-order valence-electron chi connectivity index (χ2n) is 5.34. The lowest BCUT2D eigenvalue weighted by Gasteiger charge is -2.39. The third kappa shape index (κ3) is 2.22. The number of benzene rings is 1. The third-order valence-corrected chi connectivity index (χ3v) is 3.39. The van der Waals surface area contributed by atoms with E-state index in [2.05, 4.69) is 38.1 Å². The molecule has 0 saturated heterocycles. The van der Waals surface area contributed by atoms with E-state index >= 15 is 0 Å². The maximum Gasteiger partial charge on any atom is 0.109 e. The minimum Gasteiger partial charge on any atom is -0.244 e. The molecule has 1 saturated carbocycles. The highest BCUT2D eigenvalue weighted by Gasteiger charge is 2.41. The minimum absolute atomic E-state index is 0.443. The molecule has 1 fully saturated rings. The predicted octanol–water partition coefficient (Wildman–Crippen LogP) is 4.42. The Kier molecular flexibility index (Phi) is 2.57. The van der Waals surface area contributed by atoms with Gasteiger partial charge in [-0.2, -0.15) is 0 Å². The van der Waals surface area contributed by atoms with Crippen molar-refractivity contribution in [3.05, 3.63) is 35.4 Å². The van der Waals surface area contributed by atoms with Crippen LogP contribution in [0.4, 0.5) is 4.39 Å². The second-order valence-corrected chi connectivity index (χ2v) is 5.34. The van der Waals surface area contributed by atoms with E-state index in [1.165, 1.54) is 11.1 Å². The van der Waals surface area contributed by atoms with Crippen LogP contribution in [-0.4, -0.2) is 5.67 Å². The van der Waals surface area contributed by atoms with Crippen LogP contribution in [0.5, 0.6) is 0 Å². The Labute approximate surface area is 91.5 Å². The topological polar surface area (TPSA) is 0 Å². The number of halogens is 1. The first kappa shape index (κ1) is 10.7. The Morgan fingerprint density at radius 3 is 2.53 bits per heavy atom. The van der Waals surface area contributed by atoms with E-state index in [1.807, 2.05) is 0 Å². The monoisotopic (exact) mass is 206 g/mol. The van der Waals surface area contributed by atoms with Gasteiger partial charge in [-0.1, -0.05) is 38.1 Å². The van der Waals surface area contributed by atoms with Gasteiger partial charge in [0, 0.05) is 0 Å². The van der Waals surface area contributed by atoms with Gasteiger partial charge < -0.3 is 0 Å². The highest BCUT2D eigenvalue weighted by atomic mass is 19.1. The summed E-state index contributed by atoms with van der Waals surface area (Å²) >= 11 is 0. The van der Waals surface area contributed by atoms with Gasteiger partial charge in [-0.25, -0.2) is 4.39 Å². The Morgan fingerprint density at radius 1 is 1.33 bits per heavy atom. The van der Waals surface area contributed by atoms with Crippen molar-refractivity contribution in [2.75, 3.05) is 0 Å². The van der Waals surface area contributed by atoms with Crippen molar-refractivity contribution >= 4 is 0 Å². The summed E-state index contributed by atoms with van der Waals surface area (Å²) < 4.78 is 13.4. The van der Waals surface area contributed by atoms with Gasteiger partial charge in [0.05, 0.1) is 0 Å². The molecule has 1 aromatic rings. The Morgan fingerprint density at radius 2 is 2.00 bits per heavy atom. The largest absolute Gasteiger partial charge is 0.244 e. The summed E-state index contributed by atoms with van der Waals surface area (Å²) in [5, 5.41) is 0. The molecule has 0 atom stereocenters. The fraction of sp³-hybridized carbons (Fsp3) is 0.571. The lowest BCUT2D eigenvalue weighted by molar-refractivity contribution is 0.0616. The molecule has 0 spiro atoms. The first-order chi connectivity index (χ1) is 6.98. The van der Waals surface area contributed by atoms with Gasteiger partial charge in [0.2, 0.25) is 0 Å². The molecule has 0 amide bonds. The summed E-state index contributed by atoms with van der Waals surface area (Å²) in [4.78, 5) is 0. The fourth-order valence-electron chi connectivity index (χ4n) is 2.38. The minimum atomic E-state index is -0.918. The molecular weight excluding hydrogens is 187 g/mol. The molecule has 0 aromatic heterocycles. The second kappa shape index (κ2) is 3.62. The van der Waals surface area contributed by atoms with Gasteiger partial charge in [0.25, 0.3) is 0 Å². The van der Waals surface area contributed by atoms with E-state index < -0.39 is 5.67 Å². The van der Waals surface area contributed by atoms with Crippen LogP contribution in [0, 0.1) is 0 Å². The van der Waals surface area contributed by atoms with Crippen molar-refractivity contribution in [1.29, 1.82) is 0 Å². The van der Waals surface area contributed by atoms with Gasteiger partial charge in [0.1, 0.15) is 5.67 Å². The zero-order chi connectivity index (χ0) is 11.1. The molecule has 1 aliphatic rings. The molecular formula is C14H19F. The van der Waals surface area contributed by atoms with E-state index in [-0.39, 0.29) is 0 Å². The average Bonchev–Trinajstić information content (AvgIpc) is 2.14. The molecule has 0 heterocycles. The van der Waals surface area contributed by atoms with Gasteiger partial charge in [-0.05, 0) is 42.7 Å². The summed E-state index contributed by atoms with van der Waals surface area (Å²) in [5.41, 5.74) is 1.76. The number of hydrogen-bond donors (Lipinski definition) is 0. The summed E-state index contributed by atoms with van der Waals surface area (Å²) in [6.45, 7) is 6.09. The molecule has 0 radical (unpaired) electrons. The van der Waals surface area contributed by atoms with E-state index in [4.69, 9.17) is 0 Å². The van der Waals surface area contributed by atoms with Crippen molar-refractivity contribution in [3.63, 3.8) is 0 Å². The Hall–Kier alpha value is -0.850. The zero-order valence-corrected chi connectivity index (χ0v) is 9.76. The number of hydrogen-bond acceptors (Lipinski definition) is 0. The third-order valence-electron chi connectivity index (χ3n) is 3.39. The lowest BCUT2D eigenvalue weighted by Crippen LogP contribution is -2.34. The molecule has 2 rings (SSSR count).